The van der Waals surface area contributed by atoms with Crippen LogP contribution < -0.4 is 5.32 Å². The highest BCUT2D eigenvalue weighted by atomic mass is 16.3. The van der Waals surface area contributed by atoms with Crippen LogP contribution in [-0.4, -0.2) is 7.05 Å². The lowest BCUT2D eigenvalue weighted by Gasteiger charge is -2.17. The first-order valence-electron chi connectivity index (χ1n) is 6.98. The van der Waals surface area contributed by atoms with Gasteiger partial charge in [-0.3, -0.25) is 0 Å². The molecule has 2 unspecified atom stereocenters. The molecular weight excluding hydrogens is 234 g/mol. The lowest BCUT2D eigenvalue weighted by Crippen LogP contribution is -2.17. The van der Waals surface area contributed by atoms with Crippen LogP contribution in [-0.2, 0) is 0 Å². The van der Waals surface area contributed by atoms with E-state index in [1.54, 1.807) is 6.26 Å². The molecule has 0 radical (unpaired) electrons. The fraction of sp³-hybridized carbons (Fsp3) is 0.412. The molecule has 2 aromatic rings. The maximum atomic E-state index is 5.61. The molecule has 0 saturated heterocycles. The minimum atomic E-state index is 0.126. The second-order valence-corrected chi connectivity index (χ2v) is 5.17. The summed E-state index contributed by atoms with van der Waals surface area (Å²) in [6.07, 6.45) is 2.93. The van der Waals surface area contributed by atoms with Crippen molar-refractivity contribution in [2.24, 2.45) is 0 Å². The highest BCUT2D eigenvalue weighted by molar-refractivity contribution is 5.33. The summed E-state index contributed by atoms with van der Waals surface area (Å²) in [6, 6.07) is 11.0. The third-order valence-corrected chi connectivity index (χ3v) is 3.90. The average Bonchev–Trinajstić information content (AvgIpc) is 2.86. The highest BCUT2D eigenvalue weighted by Gasteiger charge is 2.17. The number of aryl methyl sites for hydroxylation is 1. The molecule has 19 heavy (non-hydrogen) atoms. The zero-order valence-corrected chi connectivity index (χ0v) is 12.2. The summed E-state index contributed by atoms with van der Waals surface area (Å²) in [5.41, 5.74) is 3.83. The topological polar surface area (TPSA) is 25.2 Å². The molecule has 0 bridgehead atoms. The SMILES string of the molecule is CCC(C)c1ccc(C(NC)c2occc2C)cc1. The highest BCUT2D eigenvalue weighted by Crippen LogP contribution is 2.27. The van der Waals surface area contributed by atoms with E-state index in [-0.39, 0.29) is 6.04 Å². The summed E-state index contributed by atoms with van der Waals surface area (Å²) in [5.74, 6) is 1.62. The van der Waals surface area contributed by atoms with E-state index in [0.717, 1.165) is 5.76 Å². The number of furan rings is 1. The van der Waals surface area contributed by atoms with Gasteiger partial charge in [0.05, 0.1) is 12.3 Å². The van der Waals surface area contributed by atoms with Crippen molar-refractivity contribution >= 4 is 0 Å². The molecule has 1 aromatic heterocycles. The van der Waals surface area contributed by atoms with Crippen LogP contribution in [0.15, 0.2) is 41.0 Å². The number of rotatable bonds is 5. The molecule has 0 aliphatic heterocycles. The summed E-state index contributed by atoms with van der Waals surface area (Å²) in [7, 11) is 1.97. The van der Waals surface area contributed by atoms with Crippen molar-refractivity contribution in [3.8, 4) is 0 Å². The lowest BCUT2D eigenvalue weighted by atomic mass is 9.95. The molecular formula is C17H23NO. The first-order valence-corrected chi connectivity index (χ1v) is 6.98. The van der Waals surface area contributed by atoms with Crippen LogP contribution in [0.1, 0.15) is 54.7 Å². The molecule has 0 spiro atoms. The van der Waals surface area contributed by atoms with E-state index in [4.69, 9.17) is 4.42 Å². The predicted molar refractivity (Wildman–Crippen MR) is 79.5 cm³/mol. The van der Waals surface area contributed by atoms with Crippen LogP contribution >= 0.6 is 0 Å². The quantitative estimate of drug-likeness (QED) is 0.858. The second-order valence-electron chi connectivity index (χ2n) is 5.17. The maximum Gasteiger partial charge on any atom is 0.128 e. The Labute approximate surface area is 115 Å². The molecule has 2 nitrogen and oxygen atoms in total. The summed E-state index contributed by atoms with van der Waals surface area (Å²) in [4.78, 5) is 0. The van der Waals surface area contributed by atoms with Gasteiger partial charge in [-0.15, -0.1) is 0 Å². The fourth-order valence-electron chi connectivity index (χ4n) is 2.38. The molecule has 0 saturated carbocycles. The summed E-state index contributed by atoms with van der Waals surface area (Å²) < 4.78 is 5.61. The summed E-state index contributed by atoms with van der Waals surface area (Å²) >= 11 is 0. The number of nitrogens with one attached hydrogen (secondary N) is 1. The Morgan fingerprint density at radius 1 is 1.11 bits per heavy atom. The van der Waals surface area contributed by atoms with Crippen molar-refractivity contribution in [1.29, 1.82) is 0 Å². The Balaban J connectivity index is 2.27. The van der Waals surface area contributed by atoms with E-state index in [1.165, 1.54) is 23.1 Å². The van der Waals surface area contributed by atoms with Crippen molar-refractivity contribution in [2.75, 3.05) is 7.05 Å². The van der Waals surface area contributed by atoms with Gasteiger partial charge in [-0.25, -0.2) is 0 Å². The average molecular weight is 257 g/mol. The Morgan fingerprint density at radius 3 is 2.21 bits per heavy atom. The standard InChI is InChI=1S/C17H23NO/c1-5-12(2)14-6-8-15(9-7-14)16(18-4)17-13(3)10-11-19-17/h6-12,16,18H,5H2,1-4H3. The van der Waals surface area contributed by atoms with E-state index >= 15 is 0 Å². The van der Waals surface area contributed by atoms with Gasteiger partial charge in [-0.1, -0.05) is 38.1 Å². The van der Waals surface area contributed by atoms with Crippen LogP contribution in [0.25, 0.3) is 0 Å². The predicted octanol–water partition coefficient (Wildman–Crippen LogP) is 4.41. The smallest absolute Gasteiger partial charge is 0.128 e. The van der Waals surface area contributed by atoms with Gasteiger partial charge in [0.25, 0.3) is 0 Å². The summed E-state index contributed by atoms with van der Waals surface area (Å²) in [5, 5.41) is 3.33. The summed E-state index contributed by atoms with van der Waals surface area (Å²) in [6.45, 7) is 6.57. The normalized spacial score (nSPS) is 14.3. The van der Waals surface area contributed by atoms with Crippen molar-refractivity contribution < 1.29 is 4.42 Å². The minimum absolute atomic E-state index is 0.126. The third-order valence-electron chi connectivity index (χ3n) is 3.90. The van der Waals surface area contributed by atoms with Gasteiger partial charge in [0.15, 0.2) is 0 Å². The van der Waals surface area contributed by atoms with Gasteiger partial charge in [0.2, 0.25) is 0 Å². The van der Waals surface area contributed by atoms with E-state index < -0.39 is 0 Å². The molecule has 0 fully saturated rings. The molecule has 0 aliphatic carbocycles. The molecule has 1 N–H and O–H groups in total. The first-order chi connectivity index (χ1) is 9.17. The molecule has 1 aromatic carbocycles. The fourth-order valence-corrected chi connectivity index (χ4v) is 2.38. The third kappa shape index (κ3) is 2.90. The molecule has 0 aliphatic rings. The van der Waals surface area contributed by atoms with Crippen LogP contribution in [0, 0.1) is 6.92 Å². The van der Waals surface area contributed by atoms with Crippen LogP contribution in [0.2, 0.25) is 0 Å². The maximum absolute atomic E-state index is 5.61. The zero-order valence-electron chi connectivity index (χ0n) is 12.2. The van der Waals surface area contributed by atoms with Crippen molar-refractivity contribution in [3.63, 3.8) is 0 Å². The molecule has 2 rings (SSSR count). The largest absolute Gasteiger partial charge is 0.467 e. The van der Waals surface area contributed by atoms with Crippen molar-refractivity contribution in [1.82, 2.24) is 5.32 Å². The monoisotopic (exact) mass is 257 g/mol. The van der Waals surface area contributed by atoms with Gasteiger partial charge in [-0.2, -0.15) is 0 Å². The van der Waals surface area contributed by atoms with Crippen molar-refractivity contribution in [3.05, 3.63) is 59.0 Å². The van der Waals surface area contributed by atoms with E-state index in [2.05, 4.69) is 50.4 Å². The first kappa shape index (κ1) is 13.9. The number of hydrogen-bond acceptors (Lipinski definition) is 2. The molecule has 0 amide bonds. The van der Waals surface area contributed by atoms with Gasteiger partial charge in [0, 0.05) is 0 Å². The van der Waals surface area contributed by atoms with Crippen LogP contribution in [0.5, 0.6) is 0 Å². The molecule has 2 heteroatoms. The minimum Gasteiger partial charge on any atom is -0.467 e. The van der Waals surface area contributed by atoms with Gasteiger partial charge < -0.3 is 9.73 Å². The number of benzene rings is 1. The van der Waals surface area contributed by atoms with E-state index in [0.29, 0.717) is 5.92 Å². The molecule has 2 atom stereocenters. The van der Waals surface area contributed by atoms with Crippen LogP contribution in [0.3, 0.4) is 0 Å². The molecule has 1 heterocycles. The van der Waals surface area contributed by atoms with Crippen molar-refractivity contribution in [2.45, 2.75) is 39.2 Å². The van der Waals surface area contributed by atoms with Gasteiger partial charge in [0.1, 0.15) is 5.76 Å². The van der Waals surface area contributed by atoms with Crippen LogP contribution in [0.4, 0.5) is 0 Å². The van der Waals surface area contributed by atoms with E-state index in [9.17, 15) is 0 Å². The van der Waals surface area contributed by atoms with Gasteiger partial charge in [-0.05, 0) is 49.1 Å². The Hall–Kier alpha value is -1.54. The molecule has 102 valence electrons. The van der Waals surface area contributed by atoms with E-state index in [1.807, 2.05) is 13.1 Å². The zero-order chi connectivity index (χ0) is 13.8. The van der Waals surface area contributed by atoms with Gasteiger partial charge >= 0.3 is 0 Å². The Bertz CT molecular complexity index is 512. The number of hydrogen-bond donors (Lipinski definition) is 1. The Kier molecular flexibility index (Phi) is 4.43. The Morgan fingerprint density at radius 2 is 1.74 bits per heavy atom. The second kappa shape index (κ2) is 6.07. The lowest BCUT2D eigenvalue weighted by molar-refractivity contribution is 0.460.